The average molecular weight is 319 g/mol. The molecule has 5 heteroatoms. The number of nitriles is 1. The van der Waals surface area contributed by atoms with E-state index in [1.165, 1.54) is 0 Å². The fourth-order valence-corrected chi connectivity index (χ4v) is 2.75. The third-order valence-corrected chi connectivity index (χ3v) is 4.02. The molecular formula is C19H17N3O2. The van der Waals surface area contributed by atoms with Crippen molar-refractivity contribution in [3.63, 3.8) is 0 Å². The summed E-state index contributed by atoms with van der Waals surface area (Å²) >= 11 is 0. The molecule has 2 aromatic carbocycles. The summed E-state index contributed by atoms with van der Waals surface area (Å²) < 4.78 is 0. The fourth-order valence-electron chi connectivity index (χ4n) is 2.75. The number of nitrogens with zero attached hydrogens (tertiary/aromatic N) is 2. The van der Waals surface area contributed by atoms with Crippen molar-refractivity contribution >= 4 is 17.5 Å². The highest BCUT2D eigenvalue weighted by Gasteiger charge is 2.21. The zero-order chi connectivity index (χ0) is 16.9. The Morgan fingerprint density at radius 1 is 1.21 bits per heavy atom. The molecule has 0 aromatic heterocycles. The molecule has 0 bridgehead atoms. The van der Waals surface area contributed by atoms with E-state index in [0.717, 1.165) is 24.2 Å². The quantitative estimate of drug-likeness (QED) is 0.941. The standard InChI is InChI=1S/C19H17N3O2/c20-12-14-3-1-4-15(11-14)13-21-19(24)16-6-8-17(9-7-16)22-10-2-5-18(22)23/h1,3-4,6-9,11H,2,5,10,13H2,(H,21,24). The van der Waals surface area contributed by atoms with Crippen molar-refractivity contribution in [1.29, 1.82) is 5.26 Å². The Kier molecular flexibility index (Phi) is 4.57. The van der Waals surface area contributed by atoms with Gasteiger partial charge in [0.15, 0.2) is 0 Å². The second kappa shape index (κ2) is 6.97. The van der Waals surface area contributed by atoms with Crippen LogP contribution in [0, 0.1) is 11.3 Å². The van der Waals surface area contributed by atoms with Crippen LogP contribution in [0.5, 0.6) is 0 Å². The molecule has 24 heavy (non-hydrogen) atoms. The Balaban J connectivity index is 1.62. The van der Waals surface area contributed by atoms with E-state index in [4.69, 9.17) is 5.26 Å². The predicted octanol–water partition coefficient (Wildman–Crippen LogP) is 2.62. The summed E-state index contributed by atoms with van der Waals surface area (Å²) in [5.41, 5.74) is 2.82. The number of anilines is 1. The van der Waals surface area contributed by atoms with Crippen LogP contribution in [0.1, 0.15) is 34.3 Å². The Labute approximate surface area is 140 Å². The van der Waals surface area contributed by atoms with Gasteiger partial charge in [0, 0.05) is 30.8 Å². The van der Waals surface area contributed by atoms with Gasteiger partial charge < -0.3 is 10.2 Å². The van der Waals surface area contributed by atoms with E-state index in [1.54, 1.807) is 47.4 Å². The predicted molar refractivity (Wildman–Crippen MR) is 90.4 cm³/mol. The molecule has 1 fully saturated rings. The van der Waals surface area contributed by atoms with Gasteiger partial charge in [0.1, 0.15) is 0 Å². The number of amides is 2. The zero-order valence-corrected chi connectivity index (χ0v) is 13.2. The number of rotatable bonds is 4. The largest absolute Gasteiger partial charge is 0.348 e. The molecule has 0 radical (unpaired) electrons. The maximum atomic E-state index is 12.2. The van der Waals surface area contributed by atoms with Crippen molar-refractivity contribution in [3.8, 4) is 6.07 Å². The summed E-state index contributed by atoms with van der Waals surface area (Å²) in [5, 5.41) is 11.7. The van der Waals surface area contributed by atoms with E-state index >= 15 is 0 Å². The molecule has 0 unspecified atom stereocenters. The summed E-state index contributed by atoms with van der Waals surface area (Å²) in [6.45, 7) is 1.10. The summed E-state index contributed by atoms with van der Waals surface area (Å²) in [4.78, 5) is 25.7. The maximum absolute atomic E-state index is 12.2. The Hall–Kier alpha value is -3.13. The van der Waals surface area contributed by atoms with Crippen molar-refractivity contribution in [3.05, 3.63) is 65.2 Å². The molecule has 1 heterocycles. The highest BCUT2D eigenvalue weighted by atomic mass is 16.2. The van der Waals surface area contributed by atoms with Crippen LogP contribution in [0.25, 0.3) is 0 Å². The first-order chi connectivity index (χ1) is 11.7. The topological polar surface area (TPSA) is 73.2 Å². The van der Waals surface area contributed by atoms with E-state index in [1.807, 2.05) is 6.07 Å². The Morgan fingerprint density at radius 3 is 2.67 bits per heavy atom. The normalized spacial score (nSPS) is 13.6. The van der Waals surface area contributed by atoms with Gasteiger partial charge in [0.05, 0.1) is 11.6 Å². The molecule has 1 aliphatic heterocycles. The summed E-state index contributed by atoms with van der Waals surface area (Å²) in [6, 6.07) is 16.3. The Morgan fingerprint density at radius 2 is 2.00 bits per heavy atom. The van der Waals surface area contributed by atoms with Gasteiger partial charge in [-0.25, -0.2) is 0 Å². The monoisotopic (exact) mass is 319 g/mol. The average Bonchev–Trinajstić information content (AvgIpc) is 3.06. The van der Waals surface area contributed by atoms with E-state index < -0.39 is 0 Å². The highest BCUT2D eigenvalue weighted by Crippen LogP contribution is 2.21. The molecule has 2 aromatic rings. The van der Waals surface area contributed by atoms with Crippen molar-refractivity contribution in [2.24, 2.45) is 0 Å². The number of carbonyl (C=O) groups is 2. The van der Waals surface area contributed by atoms with Crippen LogP contribution in [-0.2, 0) is 11.3 Å². The van der Waals surface area contributed by atoms with Crippen molar-refractivity contribution in [1.82, 2.24) is 5.32 Å². The number of carbonyl (C=O) groups excluding carboxylic acids is 2. The molecule has 0 saturated carbocycles. The molecule has 2 amide bonds. The third-order valence-electron chi connectivity index (χ3n) is 4.02. The molecular weight excluding hydrogens is 302 g/mol. The first-order valence-corrected chi connectivity index (χ1v) is 7.85. The minimum Gasteiger partial charge on any atom is -0.348 e. The van der Waals surface area contributed by atoms with E-state index in [0.29, 0.717) is 24.1 Å². The first-order valence-electron chi connectivity index (χ1n) is 7.85. The van der Waals surface area contributed by atoms with Crippen molar-refractivity contribution in [2.75, 3.05) is 11.4 Å². The molecule has 120 valence electrons. The van der Waals surface area contributed by atoms with Crippen LogP contribution in [0.15, 0.2) is 48.5 Å². The molecule has 0 spiro atoms. The highest BCUT2D eigenvalue weighted by molar-refractivity contribution is 5.97. The summed E-state index contributed by atoms with van der Waals surface area (Å²) in [7, 11) is 0. The van der Waals surface area contributed by atoms with Gasteiger partial charge in [0.2, 0.25) is 5.91 Å². The van der Waals surface area contributed by atoms with Crippen molar-refractivity contribution in [2.45, 2.75) is 19.4 Å². The number of benzene rings is 2. The van der Waals surface area contributed by atoms with Gasteiger partial charge in [-0.2, -0.15) is 5.26 Å². The Bertz CT molecular complexity index is 806. The fraction of sp³-hybridized carbons (Fsp3) is 0.211. The number of hydrogen-bond acceptors (Lipinski definition) is 3. The molecule has 3 rings (SSSR count). The van der Waals surface area contributed by atoms with Crippen LogP contribution in [0.2, 0.25) is 0 Å². The lowest BCUT2D eigenvalue weighted by molar-refractivity contribution is -0.117. The van der Waals surface area contributed by atoms with Gasteiger partial charge in [-0.15, -0.1) is 0 Å². The molecule has 0 aliphatic carbocycles. The SMILES string of the molecule is N#Cc1cccc(CNC(=O)c2ccc(N3CCCC3=O)cc2)c1. The van der Waals surface area contributed by atoms with Gasteiger partial charge >= 0.3 is 0 Å². The molecule has 1 N–H and O–H groups in total. The number of nitrogens with one attached hydrogen (secondary N) is 1. The zero-order valence-electron chi connectivity index (χ0n) is 13.2. The maximum Gasteiger partial charge on any atom is 0.251 e. The van der Waals surface area contributed by atoms with Crippen LogP contribution in [0.4, 0.5) is 5.69 Å². The van der Waals surface area contributed by atoms with Gasteiger partial charge in [-0.3, -0.25) is 9.59 Å². The minimum absolute atomic E-state index is 0.129. The second-order valence-electron chi connectivity index (χ2n) is 5.69. The van der Waals surface area contributed by atoms with Gasteiger partial charge in [-0.05, 0) is 48.4 Å². The van der Waals surface area contributed by atoms with Gasteiger partial charge in [0.25, 0.3) is 5.91 Å². The molecule has 5 nitrogen and oxygen atoms in total. The van der Waals surface area contributed by atoms with Gasteiger partial charge in [-0.1, -0.05) is 12.1 Å². The third kappa shape index (κ3) is 3.44. The van der Waals surface area contributed by atoms with Crippen LogP contribution < -0.4 is 10.2 Å². The van der Waals surface area contributed by atoms with Crippen LogP contribution >= 0.6 is 0 Å². The smallest absolute Gasteiger partial charge is 0.251 e. The molecule has 0 atom stereocenters. The van der Waals surface area contributed by atoms with Crippen LogP contribution in [-0.4, -0.2) is 18.4 Å². The lowest BCUT2D eigenvalue weighted by Gasteiger charge is -2.15. The van der Waals surface area contributed by atoms with E-state index in [-0.39, 0.29) is 11.8 Å². The molecule has 1 aliphatic rings. The second-order valence-corrected chi connectivity index (χ2v) is 5.69. The lowest BCUT2D eigenvalue weighted by atomic mass is 10.1. The van der Waals surface area contributed by atoms with Crippen LogP contribution in [0.3, 0.4) is 0 Å². The summed E-state index contributed by atoms with van der Waals surface area (Å²) in [6.07, 6.45) is 1.47. The number of hydrogen-bond donors (Lipinski definition) is 1. The molecule has 1 saturated heterocycles. The summed E-state index contributed by atoms with van der Waals surface area (Å²) in [5.74, 6) is -0.0544. The van der Waals surface area contributed by atoms with Crippen molar-refractivity contribution < 1.29 is 9.59 Å². The van der Waals surface area contributed by atoms with E-state index in [9.17, 15) is 9.59 Å². The first kappa shape index (κ1) is 15.8. The van der Waals surface area contributed by atoms with E-state index in [2.05, 4.69) is 11.4 Å². The minimum atomic E-state index is -0.184. The lowest BCUT2D eigenvalue weighted by Crippen LogP contribution is -2.25.